The van der Waals surface area contributed by atoms with Gasteiger partial charge in [-0.05, 0) is 75.8 Å². The molecule has 40 heavy (non-hydrogen) atoms. The number of ether oxygens (including phenoxy) is 3. The van der Waals surface area contributed by atoms with Gasteiger partial charge in [-0.15, -0.1) is 0 Å². The molecule has 0 bridgehead atoms. The highest BCUT2D eigenvalue weighted by Crippen LogP contribution is 2.34. The summed E-state index contributed by atoms with van der Waals surface area (Å²) >= 11 is 0. The molecule has 1 saturated heterocycles. The van der Waals surface area contributed by atoms with Gasteiger partial charge in [-0.25, -0.2) is 8.42 Å². The SMILES string of the molecule is COC[C@H](C)Oc1cc(Oc2ccc(S(=O)(=O)N3CCN(C)CC3)cc2)cc(-c2ccc(C3=CC[C@H](C)N3)[nH]2)c1. The lowest BCUT2D eigenvalue weighted by Crippen LogP contribution is -2.46. The van der Waals surface area contributed by atoms with Gasteiger partial charge in [0, 0.05) is 56.7 Å². The second-order valence-corrected chi connectivity index (χ2v) is 12.5. The molecule has 1 fully saturated rings. The number of aromatic nitrogens is 1. The van der Waals surface area contributed by atoms with Crippen LogP contribution in [0.25, 0.3) is 17.0 Å². The molecule has 0 unspecified atom stereocenters. The first-order valence-electron chi connectivity index (χ1n) is 13.6. The molecular weight excluding hydrogens is 528 g/mol. The summed E-state index contributed by atoms with van der Waals surface area (Å²) < 4.78 is 45.3. The van der Waals surface area contributed by atoms with Gasteiger partial charge in [-0.3, -0.25) is 0 Å². The van der Waals surface area contributed by atoms with E-state index in [2.05, 4.69) is 34.3 Å². The molecule has 2 atom stereocenters. The average molecular weight is 567 g/mol. The molecule has 0 saturated carbocycles. The molecular formula is C30H38N4O5S. The first kappa shape index (κ1) is 28.2. The summed E-state index contributed by atoms with van der Waals surface area (Å²) in [6.07, 6.45) is 3.05. The second-order valence-electron chi connectivity index (χ2n) is 10.5. The molecule has 1 aromatic heterocycles. The summed E-state index contributed by atoms with van der Waals surface area (Å²) in [6.45, 7) is 6.98. The van der Waals surface area contributed by atoms with Gasteiger partial charge in [0.25, 0.3) is 0 Å². The zero-order valence-electron chi connectivity index (χ0n) is 23.5. The molecule has 0 amide bonds. The first-order valence-corrected chi connectivity index (χ1v) is 15.1. The van der Waals surface area contributed by atoms with Crippen molar-refractivity contribution in [3.05, 3.63) is 66.4 Å². The van der Waals surface area contributed by atoms with Crippen molar-refractivity contribution in [2.45, 2.75) is 37.3 Å². The van der Waals surface area contributed by atoms with Crippen molar-refractivity contribution in [2.24, 2.45) is 0 Å². The molecule has 214 valence electrons. The minimum Gasteiger partial charge on any atom is -0.488 e. The van der Waals surface area contributed by atoms with Crippen LogP contribution in [0.2, 0.25) is 0 Å². The number of rotatable bonds is 10. The van der Waals surface area contributed by atoms with E-state index in [9.17, 15) is 8.42 Å². The normalized spacial score (nSPS) is 19.2. The standard InChI is InChI=1S/C30H38N4O5S/c1-21-5-10-29(31-21)30-12-11-28(32-30)23-17-25(38-22(2)20-37-4)19-26(18-23)39-24-6-8-27(9-7-24)40(35,36)34-15-13-33(3)14-16-34/h6-12,17-19,21-22,31-32H,5,13-16,20H2,1-4H3/t21-,22-/m0/s1. The highest BCUT2D eigenvalue weighted by Gasteiger charge is 2.27. The predicted molar refractivity (Wildman–Crippen MR) is 156 cm³/mol. The van der Waals surface area contributed by atoms with Crippen molar-refractivity contribution in [3.63, 3.8) is 0 Å². The van der Waals surface area contributed by atoms with E-state index < -0.39 is 10.0 Å². The van der Waals surface area contributed by atoms with E-state index in [0.29, 0.717) is 43.0 Å². The summed E-state index contributed by atoms with van der Waals surface area (Å²) in [4.78, 5) is 5.90. The number of H-pyrrole nitrogens is 1. The molecule has 2 aliphatic heterocycles. The molecule has 2 aliphatic rings. The van der Waals surface area contributed by atoms with Crippen LogP contribution in [-0.4, -0.2) is 81.7 Å². The topological polar surface area (TPSA) is 96.1 Å². The van der Waals surface area contributed by atoms with Crippen molar-refractivity contribution < 1.29 is 22.6 Å². The fourth-order valence-electron chi connectivity index (χ4n) is 4.93. The lowest BCUT2D eigenvalue weighted by molar-refractivity contribution is 0.0920. The van der Waals surface area contributed by atoms with Crippen molar-refractivity contribution in [2.75, 3.05) is 46.9 Å². The quantitative estimate of drug-likeness (QED) is 0.372. The Labute approximate surface area is 236 Å². The van der Waals surface area contributed by atoms with E-state index in [1.165, 1.54) is 0 Å². The minimum absolute atomic E-state index is 0.152. The molecule has 10 heteroatoms. The van der Waals surface area contributed by atoms with Gasteiger partial charge in [0.2, 0.25) is 10.0 Å². The molecule has 5 rings (SSSR count). The van der Waals surface area contributed by atoms with Crippen LogP contribution in [0.1, 0.15) is 26.0 Å². The van der Waals surface area contributed by atoms with Gasteiger partial charge in [0.15, 0.2) is 0 Å². The Morgan fingerprint density at radius 1 is 0.950 bits per heavy atom. The van der Waals surface area contributed by atoms with Gasteiger partial charge in [0.05, 0.1) is 22.9 Å². The van der Waals surface area contributed by atoms with Gasteiger partial charge >= 0.3 is 0 Å². The van der Waals surface area contributed by atoms with Gasteiger partial charge < -0.3 is 29.4 Å². The van der Waals surface area contributed by atoms with Crippen molar-refractivity contribution in [3.8, 4) is 28.5 Å². The third kappa shape index (κ3) is 6.52. The van der Waals surface area contributed by atoms with Crippen molar-refractivity contribution in [1.82, 2.24) is 19.5 Å². The largest absolute Gasteiger partial charge is 0.488 e. The van der Waals surface area contributed by atoms with Crippen LogP contribution in [0, 0.1) is 0 Å². The maximum atomic E-state index is 13.1. The van der Waals surface area contributed by atoms with E-state index in [-0.39, 0.29) is 11.0 Å². The van der Waals surface area contributed by atoms with Crippen LogP contribution in [0.3, 0.4) is 0 Å². The van der Waals surface area contributed by atoms with Crippen LogP contribution in [0.5, 0.6) is 17.2 Å². The summed E-state index contributed by atoms with van der Waals surface area (Å²) in [5, 5.41) is 3.49. The second kappa shape index (κ2) is 12.1. The lowest BCUT2D eigenvalue weighted by atomic mass is 10.1. The Kier molecular flexibility index (Phi) is 8.51. The van der Waals surface area contributed by atoms with E-state index >= 15 is 0 Å². The summed E-state index contributed by atoms with van der Waals surface area (Å²) in [5.74, 6) is 1.76. The van der Waals surface area contributed by atoms with Crippen LogP contribution < -0.4 is 14.8 Å². The van der Waals surface area contributed by atoms with Gasteiger partial charge in [-0.1, -0.05) is 6.08 Å². The van der Waals surface area contributed by atoms with Gasteiger partial charge in [0.1, 0.15) is 23.4 Å². The van der Waals surface area contributed by atoms with Crippen LogP contribution >= 0.6 is 0 Å². The minimum atomic E-state index is -3.55. The molecule has 3 heterocycles. The highest BCUT2D eigenvalue weighted by molar-refractivity contribution is 7.89. The van der Waals surface area contributed by atoms with Crippen LogP contribution in [-0.2, 0) is 14.8 Å². The zero-order valence-corrected chi connectivity index (χ0v) is 24.3. The Bertz CT molecular complexity index is 1440. The summed E-state index contributed by atoms with van der Waals surface area (Å²) in [7, 11) is 0.0973. The number of piperazine rings is 1. The Hall–Kier alpha value is -3.31. The maximum absolute atomic E-state index is 13.1. The predicted octanol–water partition coefficient (Wildman–Crippen LogP) is 4.55. The molecule has 0 aliphatic carbocycles. The molecule has 2 aromatic carbocycles. The summed E-state index contributed by atoms with van der Waals surface area (Å²) in [5.41, 5.74) is 3.96. The number of hydrogen-bond donors (Lipinski definition) is 2. The number of sulfonamides is 1. The Morgan fingerprint density at radius 2 is 1.65 bits per heavy atom. The number of nitrogens with zero attached hydrogens (tertiary/aromatic N) is 2. The van der Waals surface area contributed by atoms with Crippen LogP contribution in [0.4, 0.5) is 0 Å². The van der Waals surface area contributed by atoms with Crippen molar-refractivity contribution >= 4 is 15.7 Å². The van der Waals surface area contributed by atoms with Gasteiger partial charge in [-0.2, -0.15) is 4.31 Å². The average Bonchev–Trinajstić information content (AvgIpc) is 3.59. The molecule has 3 aromatic rings. The third-order valence-corrected chi connectivity index (χ3v) is 9.06. The zero-order chi connectivity index (χ0) is 28.3. The van der Waals surface area contributed by atoms with E-state index in [1.54, 1.807) is 35.7 Å². The highest BCUT2D eigenvalue weighted by atomic mass is 32.2. The van der Waals surface area contributed by atoms with Crippen LogP contribution in [0.15, 0.2) is 65.6 Å². The van der Waals surface area contributed by atoms with E-state index in [1.807, 2.05) is 38.2 Å². The maximum Gasteiger partial charge on any atom is 0.243 e. The fourth-order valence-corrected chi connectivity index (χ4v) is 6.36. The van der Waals surface area contributed by atoms with E-state index in [4.69, 9.17) is 14.2 Å². The smallest absolute Gasteiger partial charge is 0.243 e. The molecule has 0 radical (unpaired) electrons. The Morgan fingerprint density at radius 3 is 2.33 bits per heavy atom. The summed E-state index contributed by atoms with van der Waals surface area (Å²) in [6, 6.07) is 16.9. The number of likely N-dealkylation sites (N-methyl/N-ethyl adjacent to an activating group) is 1. The molecule has 2 N–H and O–H groups in total. The first-order chi connectivity index (χ1) is 19.2. The Balaban J connectivity index is 1.38. The lowest BCUT2D eigenvalue weighted by Gasteiger charge is -2.31. The number of nitrogens with one attached hydrogen (secondary N) is 2. The number of aromatic amines is 1. The number of hydrogen-bond acceptors (Lipinski definition) is 7. The molecule has 9 nitrogen and oxygen atoms in total. The number of methoxy groups -OCH3 is 1. The molecule has 0 spiro atoms. The third-order valence-electron chi connectivity index (χ3n) is 7.14. The van der Waals surface area contributed by atoms with E-state index in [0.717, 1.165) is 42.2 Å². The van der Waals surface area contributed by atoms with Crippen molar-refractivity contribution in [1.29, 1.82) is 0 Å². The fraction of sp³-hybridized carbons (Fsp3) is 0.400. The monoisotopic (exact) mass is 566 g/mol. The number of benzene rings is 2.